The van der Waals surface area contributed by atoms with E-state index >= 15 is 0 Å². The van der Waals surface area contributed by atoms with Gasteiger partial charge in [-0.15, -0.1) is 0 Å². The highest BCUT2D eigenvalue weighted by molar-refractivity contribution is 7.87. The second kappa shape index (κ2) is 5.99. The number of carbonyl (C=O) groups is 1. The van der Waals surface area contributed by atoms with E-state index in [-0.39, 0.29) is 0 Å². The number of hydrogen-bond acceptors (Lipinski definition) is 3. The van der Waals surface area contributed by atoms with Crippen molar-refractivity contribution in [1.29, 1.82) is 0 Å². The van der Waals surface area contributed by atoms with Gasteiger partial charge in [0.2, 0.25) is 0 Å². The lowest BCUT2D eigenvalue weighted by molar-refractivity contribution is -0.114. The van der Waals surface area contributed by atoms with Crippen molar-refractivity contribution in [3.8, 4) is 0 Å². The maximum atomic E-state index is 11.8. The van der Waals surface area contributed by atoms with Gasteiger partial charge in [0.25, 0.3) is 5.91 Å². The molecule has 0 spiro atoms. The normalized spacial score (nSPS) is 16.8. The molecule has 0 saturated carbocycles. The van der Waals surface area contributed by atoms with Gasteiger partial charge in [-0.05, 0) is 24.5 Å². The number of rotatable bonds is 4. The number of hydrogen-bond donors (Lipinski definition) is 1. The highest BCUT2D eigenvalue weighted by Gasteiger charge is 2.25. The molecule has 0 atom stereocenters. The average molecular weight is 280 g/mol. The molecule has 0 unspecified atom stereocenters. The fourth-order valence-corrected chi connectivity index (χ4v) is 3.08. The lowest BCUT2D eigenvalue weighted by Gasteiger charge is -2.14. The Morgan fingerprint density at radius 3 is 2.42 bits per heavy atom. The Kier molecular flexibility index (Phi) is 4.34. The molecular formula is C13H16N2O3S. The molecule has 1 amide bonds. The summed E-state index contributed by atoms with van der Waals surface area (Å²) >= 11 is 0. The number of benzene rings is 1. The molecule has 1 aliphatic heterocycles. The molecule has 5 nitrogen and oxygen atoms in total. The maximum Gasteiger partial charge on any atom is 0.304 e. The van der Waals surface area contributed by atoms with E-state index in [1.807, 2.05) is 35.1 Å². The van der Waals surface area contributed by atoms with E-state index in [0.29, 0.717) is 13.1 Å². The fraction of sp³-hybridized carbons (Fsp3) is 0.308. The van der Waals surface area contributed by atoms with Crippen LogP contribution in [0.2, 0.25) is 0 Å². The van der Waals surface area contributed by atoms with Gasteiger partial charge < -0.3 is 0 Å². The van der Waals surface area contributed by atoms with Gasteiger partial charge in [-0.2, -0.15) is 12.7 Å². The van der Waals surface area contributed by atoms with Gasteiger partial charge >= 0.3 is 10.2 Å². The van der Waals surface area contributed by atoms with Crippen LogP contribution in [0, 0.1) is 0 Å². The number of amides is 1. The van der Waals surface area contributed by atoms with Crippen LogP contribution in [0.1, 0.15) is 18.4 Å². The van der Waals surface area contributed by atoms with Crippen molar-refractivity contribution in [2.75, 3.05) is 13.1 Å². The highest BCUT2D eigenvalue weighted by Crippen LogP contribution is 2.11. The first-order chi connectivity index (χ1) is 9.08. The molecule has 19 heavy (non-hydrogen) atoms. The monoisotopic (exact) mass is 280 g/mol. The summed E-state index contributed by atoms with van der Waals surface area (Å²) in [5.74, 6) is -0.629. The fourth-order valence-electron chi connectivity index (χ4n) is 1.89. The van der Waals surface area contributed by atoms with Gasteiger partial charge in [0.15, 0.2) is 0 Å². The molecular weight excluding hydrogens is 264 g/mol. The van der Waals surface area contributed by atoms with Crippen LogP contribution in [0.5, 0.6) is 0 Å². The largest absolute Gasteiger partial charge is 0.304 e. The summed E-state index contributed by atoms with van der Waals surface area (Å²) < 4.78 is 27.0. The molecule has 1 fully saturated rings. The third-order valence-corrected chi connectivity index (χ3v) is 4.37. The van der Waals surface area contributed by atoms with E-state index in [4.69, 9.17) is 0 Å². The van der Waals surface area contributed by atoms with E-state index in [1.54, 1.807) is 6.08 Å². The van der Waals surface area contributed by atoms with Crippen molar-refractivity contribution < 1.29 is 13.2 Å². The van der Waals surface area contributed by atoms with Crippen LogP contribution in [0.3, 0.4) is 0 Å². The molecule has 0 aromatic heterocycles. The summed E-state index contributed by atoms with van der Waals surface area (Å²) in [5, 5.41) is 0. The van der Waals surface area contributed by atoms with Crippen molar-refractivity contribution in [3.05, 3.63) is 42.0 Å². The summed E-state index contributed by atoms with van der Waals surface area (Å²) in [7, 11) is -3.68. The predicted molar refractivity (Wildman–Crippen MR) is 73.3 cm³/mol. The maximum absolute atomic E-state index is 11.8. The van der Waals surface area contributed by atoms with Gasteiger partial charge in [-0.25, -0.2) is 4.72 Å². The van der Waals surface area contributed by atoms with Gasteiger partial charge in [-0.3, -0.25) is 4.79 Å². The van der Waals surface area contributed by atoms with Crippen molar-refractivity contribution in [2.45, 2.75) is 12.8 Å². The SMILES string of the molecule is O=C(C=Cc1ccccc1)NS(=O)(=O)N1CCCC1. The molecule has 2 rings (SSSR count). The molecule has 0 radical (unpaired) electrons. The topological polar surface area (TPSA) is 66.5 Å². The number of nitrogens with zero attached hydrogens (tertiary/aromatic N) is 1. The highest BCUT2D eigenvalue weighted by atomic mass is 32.2. The summed E-state index contributed by atoms with van der Waals surface area (Å²) in [6, 6.07) is 9.23. The first-order valence-corrected chi connectivity index (χ1v) is 7.57. The quantitative estimate of drug-likeness (QED) is 0.842. The van der Waals surface area contributed by atoms with E-state index in [1.165, 1.54) is 10.4 Å². The minimum atomic E-state index is -3.68. The average Bonchev–Trinajstić information content (AvgIpc) is 2.92. The third-order valence-electron chi connectivity index (χ3n) is 2.86. The number of carbonyl (C=O) groups excluding carboxylic acids is 1. The minimum Gasteiger partial charge on any atom is -0.269 e. The summed E-state index contributed by atoms with van der Waals surface area (Å²) in [6.45, 7) is 0.954. The van der Waals surface area contributed by atoms with E-state index in [2.05, 4.69) is 0 Å². The van der Waals surface area contributed by atoms with Crippen LogP contribution in [0.25, 0.3) is 6.08 Å². The Balaban J connectivity index is 1.96. The summed E-state index contributed by atoms with van der Waals surface area (Å²) in [5.41, 5.74) is 0.844. The van der Waals surface area contributed by atoms with Crippen LogP contribution in [-0.2, 0) is 15.0 Å². The third kappa shape index (κ3) is 3.90. The zero-order chi connectivity index (χ0) is 13.7. The van der Waals surface area contributed by atoms with Crippen LogP contribution in [-0.4, -0.2) is 31.7 Å². The number of nitrogens with one attached hydrogen (secondary N) is 1. The van der Waals surface area contributed by atoms with E-state index < -0.39 is 16.1 Å². The molecule has 102 valence electrons. The Labute approximate surface area is 113 Å². The minimum absolute atomic E-state index is 0.477. The molecule has 0 aliphatic carbocycles. The van der Waals surface area contributed by atoms with Crippen molar-refractivity contribution in [2.24, 2.45) is 0 Å². The Bertz CT molecular complexity index is 561. The molecule has 1 heterocycles. The van der Waals surface area contributed by atoms with Crippen LogP contribution in [0.4, 0.5) is 0 Å². The summed E-state index contributed by atoms with van der Waals surface area (Å²) in [6.07, 6.45) is 4.49. The predicted octanol–water partition coefficient (Wildman–Crippen LogP) is 1.16. The summed E-state index contributed by atoms with van der Waals surface area (Å²) in [4.78, 5) is 11.6. The molecule has 1 N–H and O–H groups in total. The van der Waals surface area contributed by atoms with Crippen LogP contribution in [0.15, 0.2) is 36.4 Å². The Hall–Kier alpha value is -1.66. The van der Waals surface area contributed by atoms with E-state index in [0.717, 1.165) is 18.4 Å². The Morgan fingerprint density at radius 2 is 1.79 bits per heavy atom. The zero-order valence-corrected chi connectivity index (χ0v) is 11.3. The first-order valence-electron chi connectivity index (χ1n) is 6.13. The first kappa shape index (κ1) is 13.8. The molecule has 1 aromatic rings. The van der Waals surface area contributed by atoms with Gasteiger partial charge in [0, 0.05) is 19.2 Å². The standard InChI is InChI=1S/C13H16N2O3S/c16-13(9-8-12-6-2-1-3-7-12)14-19(17,18)15-10-4-5-11-15/h1-3,6-9H,4-5,10-11H2,(H,14,16). The molecule has 6 heteroatoms. The van der Waals surface area contributed by atoms with Crippen LogP contribution < -0.4 is 4.72 Å². The molecule has 1 aliphatic rings. The second-order valence-electron chi connectivity index (χ2n) is 4.32. The van der Waals surface area contributed by atoms with Crippen molar-refractivity contribution >= 4 is 22.2 Å². The van der Waals surface area contributed by atoms with Crippen molar-refractivity contribution in [1.82, 2.24) is 9.03 Å². The lowest BCUT2D eigenvalue weighted by atomic mass is 10.2. The molecule has 0 bridgehead atoms. The molecule has 1 aromatic carbocycles. The van der Waals surface area contributed by atoms with Gasteiger partial charge in [0.05, 0.1) is 0 Å². The zero-order valence-electron chi connectivity index (χ0n) is 10.5. The van der Waals surface area contributed by atoms with E-state index in [9.17, 15) is 13.2 Å². The smallest absolute Gasteiger partial charge is 0.269 e. The lowest BCUT2D eigenvalue weighted by Crippen LogP contribution is -2.41. The Morgan fingerprint density at radius 1 is 1.16 bits per heavy atom. The van der Waals surface area contributed by atoms with Crippen molar-refractivity contribution in [3.63, 3.8) is 0 Å². The molecule has 1 saturated heterocycles. The second-order valence-corrected chi connectivity index (χ2v) is 5.99. The van der Waals surface area contributed by atoms with Crippen LogP contribution >= 0.6 is 0 Å². The van der Waals surface area contributed by atoms with Gasteiger partial charge in [0.1, 0.15) is 0 Å². The van der Waals surface area contributed by atoms with Gasteiger partial charge in [-0.1, -0.05) is 30.3 Å².